The van der Waals surface area contributed by atoms with E-state index in [1.807, 2.05) is 24.3 Å². The molecule has 0 fully saturated rings. The van der Waals surface area contributed by atoms with Crippen LogP contribution in [0.1, 0.15) is 9.67 Å². The number of halogens is 1. The van der Waals surface area contributed by atoms with E-state index in [0.717, 1.165) is 10.1 Å². The predicted molar refractivity (Wildman–Crippen MR) is 92.2 cm³/mol. The summed E-state index contributed by atoms with van der Waals surface area (Å²) in [6.07, 6.45) is 0. The average Bonchev–Trinajstić information content (AvgIpc) is 2.99. The van der Waals surface area contributed by atoms with E-state index in [1.54, 1.807) is 30.3 Å². The van der Waals surface area contributed by atoms with E-state index in [4.69, 9.17) is 16.3 Å². The molecule has 0 radical (unpaired) electrons. The maximum atomic E-state index is 12.0. The van der Waals surface area contributed by atoms with Crippen LogP contribution in [-0.2, 0) is 9.53 Å². The molecule has 0 spiro atoms. The van der Waals surface area contributed by atoms with Crippen LogP contribution < -0.4 is 5.32 Å². The summed E-state index contributed by atoms with van der Waals surface area (Å²) in [5.41, 5.74) is 0.483. The molecule has 4 nitrogen and oxygen atoms in total. The molecule has 3 rings (SSSR count). The van der Waals surface area contributed by atoms with Crippen LogP contribution in [0, 0.1) is 0 Å². The Labute approximate surface area is 141 Å². The van der Waals surface area contributed by atoms with Crippen LogP contribution in [0.25, 0.3) is 10.1 Å². The lowest BCUT2D eigenvalue weighted by molar-refractivity contribution is -0.119. The fourth-order valence-electron chi connectivity index (χ4n) is 2.03. The number of hydrogen-bond donors (Lipinski definition) is 1. The van der Waals surface area contributed by atoms with Gasteiger partial charge in [-0.05, 0) is 29.7 Å². The van der Waals surface area contributed by atoms with Crippen LogP contribution >= 0.6 is 22.9 Å². The van der Waals surface area contributed by atoms with E-state index in [0.29, 0.717) is 15.6 Å². The zero-order chi connectivity index (χ0) is 16.2. The molecule has 0 aliphatic heterocycles. The summed E-state index contributed by atoms with van der Waals surface area (Å²) in [5.74, 6) is -0.951. The summed E-state index contributed by atoms with van der Waals surface area (Å²) in [4.78, 5) is 24.3. The molecule has 0 aliphatic carbocycles. The molecular weight excluding hydrogens is 334 g/mol. The molecule has 1 N–H and O–H groups in total. The number of nitrogens with one attached hydrogen (secondary N) is 1. The third kappa shape index (κ3) is 3.70. The lowest BCUT2D eigenvalue weighted by atomic mass is 10.2. The molecular formula is C17H12ClNO3S. The van der Waals surface area contributed by atoms with Gasteiger partial charge < -0.3 is 10.1 Å². The molecule has 0 unspecified atom stereocenters. The first-order valence-electron chi connectivity index (χ1n) is 6.83. The van der Waals surface area contributed by atoms with Crippen LogP contribution in [-0.4, -0.2) is 18.5 Å². The molecule has 116 valence electrons. The monoisotopic (exact) mass is 345 g/mol. The second-order valence-electron chi connectivity index (χ2n) is 4.75. The van der Waals surface area contributed by atoms with Crippen molar-refractivity contribution < 1.29 is 14.3 Å². The lowest BCUT2D eigenvalue weighted by Crippen LogP contribution is -2.20. The highest BCUT2D eigenvalue weighted by Crippen LogP contribution is 2.25. The van der Waals surface area contributed by atoms with Crippen LogP contribution in [0.15, 0.2) is 54.6 Å². The summed E-state index contributed by atoms with van der Waals surface area (Å²) < 4.78 is 6.05. The molecule has 0 atom stereocenters. The van der Waals surface area contributed by atoms with Gasteiger partial charge in [-0.3, -0.25) is 4.79 Å². The number of para-hydroxylation sites is 1. The second-order valence-corrected chi connectivity index (χ2v) is 6.24. The van der Waals surface area contributed by atoms with E-state index in [1.165, 1.54) is 11.3 Å². The van der Waals surface area contributed by atoms with Gasteiger partial charge in [0.15, 0.2) is 6.61 Å². The number of hydrogen-bond acceptors (Lipinski definition) is 4. The van der Waals surface area contributed by atoms with Gasteiger partial charge in [0.05, 0.1) is 10.7 Å². The number of carbonyl (C=O) groups excluding carboxylic acids is 2. The van der Waals surface area contributed by atoms with Gasteiger partial charge in [0.25, 0.3) is 5.91 Å². The zero-order valence-electron chi connectivity index (χ0n) is 11.9. The highest BCUT2D eigenvalue weighted by molar-refractivity contribution is 7.20. The minimum absolute atomic E-state index is 0.363. The van der Waals surface area contributed by atoms with Crippen molar-refractivity contribution in [2.45, 2.75) is 0 Å². The zero-order valence-corrected chi connectivity index (χ0v) is 13.5. The minimum Gasteiger partial charge on any atom is -0.451 e. The summed E-state index contributed by atoms with van der Waals surface area (Å²) in [7, 11) is 0. The Morgan fingerprint density at radius 2 is 1.83 bits per heavy atom. The first-order chi connectivity index (χ1) is 11.1. The standard InChI is InChI=1S/C17H12ClNO3S/c18-12-6-2-3-7-13(12)19-16(20)10-22-17(21)15-9-11-5-1-4-8-14(11)23-15/h1-9H,10H2,(H,19,20). The third-order valence-corrected chi connectivity index (χ3v) is 4.53. The van der Waals surface area contributed by atoms with Gasteiger partial charge in [-0.25, -0.2) is 4.79 Å². The Balaban J connectivity index is 1.60. The lowest BCUT2D eigenvalue weighted by Gasteiger charge is -2.07. The largest absolute Gasteiger partial charge is 0.451 e. The van der Waals surface area contributed by atoms with Gasteiger partial charge in [0.1, 0.15) is 4.88 Å². The van der Waals surface area contributed by atoms with E-state index >= 15 is 0 Å². The maximum absolute atomic E-state index is 12.0. The molecule has 0 saturated carbocycles. The van der Waals surface area contributed by atoms with Crippen molar-refractivity contribution in [1.82, 2.24) is 0 Å². The van der Waals surface area contributed by atoms with Gasteiger partial charge in [0.2, 0.25) is 0 Å². The van der Waals surface area contributed by atoms with Gasteiger partial charge in [-0.15, -0.1) is 11.3 Å². The molecule has 0 saturated heterocycles. The van der Waals surface area contributed by atoms with Crippen LogP contribution in [0.4, 0.5) is 5.69 Å². The quantitative estimate of drug-likeness (QED) is 0.715. The maximum Gasteiger partial charge on any atom is 0.348 e. The van der Waals surface area contributed by atoms with Gasteiger partial charge in [0, 0.05) is 4.70 Å². The Kier molecular flexibility index (Phi) is 4.60. The van der Waals surface area contributed by atoms with Gasteiger partial charge >= 0.3 is 5.97 Å². The predicted octanol–water partition coefficient (Wildman–Crippen LogP) is 4.35. The molecule has 23 heavy (non-hydrogen) atoms. The number of ether oxygens (including phenoxy) is 1. The molecule has 1 amide bonds. The number of carbonyl (C=O) groups is 2. The fourth-order valence-corrected chi connectivity index (χ4v) is 3.17. The topological polar surface area (TPSA) is 55.4 Å². The van der Waals surface area contributed by atoms with Crippen LogP contribution in [0.5, 0.6) is 0 Å². The number of thiophene rings is 1. The highest BCUT2D eigenvalue weighted by Gasteiger charge is 2.14. The number of anilines is 1. The summed E-state index contributed by atoms with van der Waals surface area (Å²) >= 11 is 7.29. The molecule has 3 aromatic rings. The van der Waals surface area contributed by atoms with E-state index in [9.17, 15) is 9.59 Å². The van der Waals surface area contributed by atoms with Crippen LogP contribution in [0.2, 0.25) is 5.02 Å². The Morgan fingerprint density at radius 3 is 2.61 bits per heavy atom. The summed E-state index contributed by atoms with van der Waals surface area (Å²) in [5, 5.41) is 4.00. The average molecular weight is 346 g/mol. The van der Waals surface area contributed by atoms with Crippen molar-refractivity contribution in [2.75, 3.05) is 11.9 Å². The van der Waals surface area contributed by atoms with Gasteiger partial charge in [-0.1, -0.05) is 41.9 Å². The SMILES string of the molecule is O=C(COC(=O)c1cc2ccccc2s1)Nc1ccccc1Cl. The Morgan fingerprint density at radius 1 is 1.09 bits per heavy atom. The first-order valence-corrected chi connectivity index (χ1v) is 8.03. The highest BCUT2D eigenvalue weighted by atomic mass is 35.5. The number of esters is 1. The third-order valence-electron chi connectivity index (χ3n) is 3.11. The number of fused-ring (bicyclic) bond motifs is 1. The number of amides is 1. The molecule has 6 heteroatoms. The molecule has 2 aromatic carbocycles. The molecule has 0 bridgehead atoms. The van der Waals surface area contributed by atoms with Crippen molar-refractivity contribution >= 4 is 50.6 Å². The van der Waals surface area contributed by atoms with Crippen molar-refractivity contribution in [2.24, 2.45) is 0 Å². The number of rotatable bonds is 4. The normalized spacial score (nSPS) is 10.5. The second kappa shape index (κ2) is 6.81. The van der Waals surface area contributed by atoms with Crippen molar-refractivity contribution in [3.05, 3.63) is 64.5 Å². The van der Waals surface area contributed by atoms with Crippen molar-refractivity contribution in [1.29, 1.82) is 0 Å². The first kappa shape index (κ1) is 15.5. The molecule has 1 heterocycles. The Hall–Kier alpha value is -2.37. The van der Waals surface area contributed by atoms with E-state index in [-0.39, 0.29) is 6.61 Å². The minimum atomic E-state index is -0.513. The summed E-state index contributed by atoms with van der Waals surface area (Å²) in [6, 6.07) is 16.3. The van der Waals surface area contributed by atoms with E-state index in [2.05, 4.69) is 5.32 Å². The van der Waals surface area contributed by atoms with Gasteiger partial charge in [-0.2, -0.15) is 0 Å². The molecule has 1 aromatic heterocycles. The fraction of sp³-hybridized carbons (Fsp3) is 0.0588. The van der Waals surface area contributed by atoms with E-state index < -0.39 is 11.9 Å². The Bertz CT molecular complexity index is 842. The van der Waals surface area contributed by atoms with Crippen molar-refractivity contribution in [3.8, 4) is 0 Å². The molecule has 0 aliphatic rings. The van der Waals surface area contributed by atoms with Crippen molar-refractivity contribution in [3.63, 3.8) is 0 Å². The van der Waals surface area contributed by atoms with Crippen LogP contribution in [0.3, 0.4) is 0 Å². The summed E-state index contributed by atoms with van der Waals surface area (Å²) in [6.45, 7) is -0.363. The smallest absolute Gasteiger partial charge is 0.348 e. The number of benzene rings is 2.